The van der Waals surface area contributed by atoms with Gasteiger partial charge in [-0.2, -0.15) is 0 Å². The first-order valence-corrected chi connectivity index (χ1v) is 11.5. The van der Waals surface area contributed by atoms with Crippen molar-refractivity contribution in [2.24, 2.45) is 0 Å². The van der Waals surface area contributed by atoms with Crippen LogP contribution >= 0.6 is 46.6 Å². The summed E-state index contributed by atoms with van der Waals surface area (Å²) in [5.41, 5.74) is 2.51. The zero-order chi connectivity index (χ0) is 22.5. The summed E-state index contributed by atoms with van der Waals surface area (Å²) in [5.74, 6) is 1.15. The molecule has 0 spiro atoms. The summed E-state index contributed by atoms with van der Waals surface area (Å²) in [7, 11) is 0. The maximum absolute atomic E-state index is 12.2. The minimum atomic E-state index is -0.326. The van der Waals surface area contributed by atoms with Crippen molar-refractivity contribution in [1.82, 2.24) is 10.2 Å². The van der Waals surface area contributed by atoms with E-state index in [4.69, 9.17) is 44.0 Å². The van der Waals surface area contributed by atoms with E-state index in [2.05, 4.69) is 41.5 Å². The quantitative estimate of drug-likeness (QED) is 0.344. The average molecular weight is 501 g/mol. The number of carbonyl (C=O) groups excluding carboxylic acids is 1. The highest BCUT2D eigenvalue weighted by Gasteiger charge is 2.15. The van der Waals surface area contributed by atoms with E-state index in [9.17, 15) is 4.79 Å². The molecular formula is C21H20Cl3N3O3S. The smallest absolute Gasteiger partial charge is 0.277 e. The molecule has 3 rings (SSSR count). The van der Waals surface area contributed by atoms with Gasteiger partial charge in [0.1, 0.15) is 5.75 Å². The van der Waals surface area contributed by atoms with Gasteiger partial charge in [-0.15, -0.1) is 10.2 Å². The summed E-state index contributed by atoms with van der Waals surface area (Å²) in [5, 5.41) is 11.7. The lowest BCUT2D eigenvalue weighted by atomic mass is 10.0. The number of thioether (sulfide) groups is 1. The van der Waals surface area contributed by atoms with E-state index in [1.54, 1.807) is 0 Å². The Balaban J connectivity index is 1.55. The summed E-state index contributed by atoms with van der Waals surface area (Å²) >= 11 is 19.1. The first-order valence-electron chi connectivity index (χ1n) is 9.36. The van der Waals surface area contributed by atoms with Crippen molar-refractivity contribution >= 4 is 58.2 Å². The molecule has 0 aliphatic heterocycles. The molecule has 0 bridgehead atoms. The molecule has 0 radical (unpaired) electrons. The van der Waals surface area contributed by atoms with Crippen LogP contribution in [0.4, 0.5) is 5.69 Å². The van der Waals surface area contributed by atoms with Crippen molar-refractivity contribution in [3.8, 4) is 5.75 Å². The molecule has 31 heavy (non-hydrogen) atoms. The molecule has 1 aromatic heterocycles. The fourth-order valence-corrected chi connectivity index (χ4v) is 4.19. The average Bonchev–Trinajstić information content (AvgIpc) is 3.15. The maximum atomic E-state index is 12.2. The topological polar surface area (TPSA) is 77.2 Å². The maximum Gasteiger partial charge on any atom is 0.277 e. The monoisotopic (exact) mass is 499 g/mol. The molecular weight excluding hydrogens is 481 g/mol. The summed E-state index contributed by atoms with van der Waals surface area (Å²) in [6, 6.07) is 9.10. The number of hydrogen-bond donors (Lipinski definition) is 1. The van der Waals surface area contributed by atoms with E-state index in [1.165, 1.54) is 12.1 Å². The summed E-state index contributed by atoms with van der Waals surface area (Å²) in [6.07, 6.45) is 0. The van der Waals surface area contributed by atoms with Crippen LogP contribution < -0.4 is 10.1 Å². The highest BCUT2D eigenvalue weighted by atomic mass is 35.5. The number of nitrogens with one attached hydrogen (secondary N) is 1. The van der Waals surface area contributed by atoms with Crippen molar-refractivity contribution in [3.05, 3.63) is 62.4 Å². The van der Waals surface area contributed by atoms with Crippen molar-refractivity contribution in [2.75, 3.05) is 11.1 Å². The molecule has 3 aromatic rings. The van der Waals surface area contributed by atoms with Gasteiger partial charge in [-0.1, -0.05) is 72.5 Å². The van der Waals surface area contributed by atoms with Crippen LogP contribution in [0.15, 0.2) is 40.0 Å². The molecule has 0 aliphatic rings. The van der Waals surface area contributed by atoms with Gasteiger partial charge in [-0.3, -0.25) is 4.79 Å². The number of nitrogens with zero attached hydrogens (tertiary/aromatic N) is 2. The predicted molar refractivity (Wildman–Crippen MR) is 125 cm³/mol. The fraction of sp³-hybridized carbons (Fsp3) is 0.286. The largest absolute Gasteiger partial charge is 0.484 e. The minimum absolute atomic E-state index is 0.0349. The molecule has 0 aliphatic carbocycles. The molecule has 10 heteroatoms. The third kappa shape index (κ3) is 6.53. The zero-order valence-corrected chi connectivity index (χ0v) is 20.1. The normalized spacial score (nSPS) is 11.1. The van der Waals surface area contributed by atoms with Crippen molar-refractivity contribution in [2.45, 2.75) is 38.5 Å². The van der Waals surface area contributed by atoms with Gasteiger partial charge < -0.3 is 14.5 Å². The SMILES string of the molecule is Cc1ccc(C(C)C)c(OCc2nnc(SCC(=O)Nc3c(Cl)cc(Cl)cc3Cl)o2)c1. The van der Waals surface area contributed by atoms with Gasteiger partial charge in [0.15, 0.2) is 6.61 Å². The van der Waals surface area contributed by atoms with Crippen LogP contribution in [0.25, 0.3) is 0 Å². The van der Waals surface area contributed by atoms with E-state index in [-0.39, 0.29) is 33.5 Å². The molecule has 0 saturated heterocycles. The number of anilines is 1. The first kappa shape index (κ1) is 23.7. The predicted octanol–water partition coefficient (Wildman–Crippen LogP) is 6.77. The Morgan fingerprint density at radius 2 is 1.87 bits per heavy atom. The Labute approximate surface area is 199 Å². The number of amides is 1. The van der Waals surface area contributed by atoms with Crippen molar-refractivity contribution < 1.29 is 13.9 Å². The van der Waals surface area contributed by atoms with Gasteiger partial charge in [0.2, 0.25) is 5.91 Å². The molecule has 164 valence electrons. The molecule has 1 amide bonds. The van der Waals surface area contributed by atoms with Crippen LogP contribution in [0.1, 0.15) is 36.8 Å². The second-order valence-electron chi connectivity index (χ2n) is 7.03. The van der Waals surface area contributed by atoms with Gasteiger partial charge in [-0.05, 0) is 42.2 Å². The number of rotatable bonds is 8. The van der Waals surface area contributed by atoms with Gasteiger partial charge in [-0.25, -0.2) is 0 Å². The van der Waals surface area contributed by atoms with E-state index in [1.807, 2.05) is 13.0 Å². The second-order valence-corrected chi connectivity index (χ2v) is 9.21. The third-order valence-electron chi connectivity index (χ3n) is 4.19. The van der Waals surface area contributed by atoms with Crippen LogP contribution in [0.2, 0.25) is 15.1 Å². The van der Waals surface area contributed by atoms with E-state index >= 15 is 0 Å². The van der Waals surface area contributed by atoms with Crippen LogP contribution in [-0.4, -0.2) is 21.9 Å². The van der Waals surface area contributed by atoms with E-state index in [0.717, 1.165) is 28.6 Å². The van der Waals surface area contributed by atoms with Crippen molar-refractivity contribution in [3.63, 3.8) is 0 Å². The van der Waals surface area contributed by atoms with Gasteiger partial charge >= 0.3 is 0 Å². The molecule has 0 saturated carbocycles. The van der Waals surface area contributed by atoms with Gasteiger partial charge in [0.25, 0.3) is 11.1 Å². The highest BCUT2D eigenvalue weighted by Crippen LogP contribution is 2.34. The lowest BCUT2D eigenvalue weighted by molar-refractivity contribution is -0.113. The minimum Gasteiger partial charge on any atom is -0.484 e. The van der Waals surface area contributed by atoms with Gasteiger partial charge in [0, 0.05) is 5.02 Å². The standard InChI is InChI=1S/C21H20Cl3N3O3S/c1-11(2)14-5-4-12(3)6-17(14)29-9-19-26-27-21(30-19)31-10-18(28)25-20-15(23)7-13(22)8-16(20)24/h4-8,11H,9-10H2,1-3H3,(H,25,28). The third-order valence-corrected chi connectivity index (χ3v) is 5.82. The summed E-state index contributed by atoms with van der Waals surface area (Å²) in [6.45, 7) is 6.36. The Morgan fingerprint density at radius 3 is 2.55 bits per heavy atom. The molecule has 2 aromatic carbocycles. The zero-order valence-electron chi connectivity index (χ0n) is 17.0. The number of aryl methyl sites for hydroxylation is 1. The number of hydrogen-bond acceptors (Lipinski definition) is 6. The number of aromatic nitrogens is 2. The Kier molecular flexibility index (Phi) is 8.11. The molecule has 1 heterocycles. The Morgan fingerprint density at radius 1 is 1.16 bits per heavy atom. The van der Waals surface area contributed by atoms with Crippen LogP contribution in [0.3, 0.4) is 0 Å². The molecule has 1 N–H and O–H groups in total. The molecule has 6 nitrogen and oxygen atoms in total. The number of ether oxygens (including phenoxy) is 1. The Bertz CT molecular complexity index is 1070. The van der Waals surface area contributed by atoms with Gasteiger partial charge in [0.05, 0.1) is 21.5 Å². The molecule has 0 atom stereocenters. The summed E-state index contributed by atoms with van der Waals surface area (Å²) < 4.78 is 11.5. The summed E-state index contributed by atoms with van der Waals surface area (Å²) in [4.78, 5) is 12.2. The molecule has 0 fully saturated rings. The second kappa shape index (κ2) is 10.6. The van der Waals surface area contributed by atoms with Crippen LogP contribution in [0.5, 0.6) is 5.75 Å². The fourth-order valence-electron chi connectivity index (χ4n) is 2.70. The van der Waals surface area contributed by atoms with Crippen LogP contribution in [-0.2, 0) is 11.4 Å². The van der Waals surface area contributed by atoms with E-state index < -0.39 is 0 Å². The lowest BCUT2D eigenvalue weighted by Crippen LogP contribution is -2.14. The van der Waals surface area contributed by atoms with E-state index in [0.29, 0.717) is 22.5 Å². The lowest BCUT2D eigenvalue weighted by Gasteiger charge is -2.13. The van der Waals surface area contributed by atoms with Crippen molar-refractivity contribution in [1.29, 1.82) is 0 Å². The number of carbonyl (C=O) groups is 1. The molecule has 0 unspecified atom stereocenters. The highest BCUT2D eigenvalue weighted by molar-refractivity contribution is 7.99. The Hall–Kier alpha value is -1.93. The van der Waals surface area contributed by atoms with Crippen LogP contribution in [0, 0.1) is 6.92 Å². The number of benzene rings is 2. The number of halogens is 3. The first-order chi connectivity index (χ1) is 14.7.